The summed E-state index contributed by atoms with van der Waals surface area (Å²) in [5, 5.41) is 10.1. The van der Waals surface area contributed by atoms with E-state index in [0.29, 0.717) is 0 Å². The first-order chi connectivity index (χ1) is 27.3. The summed E-state index contributed by atoms with van der Waals surface area (Å²) >= 11 is 1.90. The smallest absolute Gasteiger partial charge is 0.0726 e. The molecule has 3 heterocycles. The molecule has 256 valence electrons. The second-order valence-electron chi connectivity index (χ2n) is 14.5. The highest BCUT2D eigenvalue weighted by Crippen LogP contribution is 2.48. The van der Waals surface area contributed by atoms with Gasteiger partial charge in [0.2, 0.25) is 0 Å². The van der Waals surface area contributed by atoms with E-state index in [-0.39, 0.29) is 0 Å². The summed E-state index contributed by atoms with van der Waals surface area (Å²) in [7, 11) is 0. The van der Waals surface area contributed by atoms with Crippen molar-refractivity contribution < 1.29 is 0 Å². The molecule has 0 aliphatic heterocycles. The van der Waals surface area contributed by atoms with Crippen LogP contribution in [0.4, 0.5) is 0 Å². The van der Waals surface area contributed by atoms with Gasteiger partial charge >= 0.3 is 0 Å². The van der Waals surface area contributed by atoms with E-state index in [2.05, 4.69) is 203 Å². The summed E-state index contributed by atoms with van der Waals surface area (Å²) in [4.78, 5) is 0. The molecule has 0 saturated heterocycles. The van der Waals surface area contributed by atoms with Crippen LogP contribution in [-0.4, -0.2) is 9.13 Å². The maximum atomic E-state index is 2.52. The third-order valence-electron chi connectivity index (χ3n) is 11.5. The number of hydrogen-bond donors (Lipinski definition) is 0. The van der Waals surface area contributed by atoms with Gasteiger partial charge in [-0.05, 0) is 82.2 Å². The Bertz CT molecular complexity index is 3480. The van der Waals surface area contributed by atoms with E-state index < -0.39 is 0 Å². The molecule has 12 aromatic rings. The van der Waals surface area contributed by atoms with E-state index in [4.69, 9.17) is 0 Å². The van der Waals surface area contributed by atoms with Gasteiger partial charge in [0, 0.05) is 48.1 Å². The van der Waals surface area contributed by atoms with Crippen molar-refractivity contribution >= 4 is 85.9 Å². The van der Waals surface area contributed by atoms with Gasteiger partial charge in [0.05, 0.1) is 32.5 Å². The largest absolute Gasteiger partial charge is 0.309 e. The van der Waals surface area contributed by atoms with Crippen molar-refractivity contribution in [3.63, 3.8) is 0 Å². The Morgan fingerprint density at radius 1 is 0.364 bits per heavy atom. The summed E-state index contributed by atoms with van der Waals surface area (Å²) in [6, 6.07) is 71.4. The van der Waals surface area contributed by atoms with Crippen molar-refractivity contribution in [3.8, 4) is 33.6 Å². The van der Waals surface area contributed by atoms with Gasteiger partial charge in [-0.2, -0.15) is 0 Å². The van der Waals surface area contributed by atoms with Crippen LogP contribution in [0.1, 0.15) is 0 Å². The quantitative estimate of drug-likeness (QED) is 0.172. The van der Waals surface area contributed by atoms with E-state index in [1.54, 1.807) is 0 Å². The van der Waals surface area contributed by atoms with Crippen LogP contribution in [-0.2, 0) is 0 Å². The molecule has 2 nitrogen and oxygen atoms in total. The third kappa shape index (κ3) is 4.48. The first-order valence-corrected chi connectivity index (χ1v) is 19.7. The number of thiophene rings is 1. The molecule has 0 aliphatic carbocycles. The number of para-hydroxylation sites is 2. The predicted octanol–water partition coefficient (Wildman–Crippen LogP) is 14.7. The monoisotopic (exact) mass is 716 g/mol. The predicted molar refractivity (Wildman–Crippen MR) is 236 cm³/mol. The fraction of sp³-hybridized carbons (Fsp3) is 0. The van der Waals surface area contributed by atoms with Gasteiger partial charge in [0.25, 0.3) is 0 Å². The number of aromatic nitrogens is 2. The van der Waals surface area contributed by atoms with Gasteiger partial charge in [-0.15, -0.1) is 11.3 Å². The van der Waals surface area contributed by atoms with Crippen molar-refractivity contribution in [2.75, 3.05) is 0 Å². The first kappa shape index (κ1) is 30.5. The third-order valence-corrected chi connectivity index (χ3v) is 12.7. The molecular weight excluding hydrogens is 685 g/mol. The van der Waals surface area contributed by atoms with E-state index >= 15 is 0 Å². The minimum Gasteiger partial charge on any atom is -0.309 e. The van der Waals surface area contributed by atoms with Gasteiger partial charge in [-0.3, -0.25) is 0 Å². The first-order valence-electron chi connectivity index (χ1n) is 18.9. The zero-order valence-corrected chi connectivity index (χ0v) is 30.6. The highest BCUT2D eigenvalue weighted by molar-refractivity contribution is 7.26. The van der Waals surface area contributed by atoms with Gasteiger partial charge < -0.3 is 9.13 Å². The molecule has 55 heavy (non-hydrogen) atoms. The Hall–Kier alpha value is -6.94. The van der Waals surface area contributed by atoms with E-state index in [0.717, 1.165) is 5.69 Å². The Morgan fingerprint density at radius 2 is 1.02 bits per heavy atom. The molecule has 0 unspecified atom stereocenters. The van der Waals surface area contributed by atoms with Crippen LogP contribution in [0.15, 0.2) is 194 Å². The summed E-state index contributed by atoms with van der Waals surface area (Å²) in [6.45, 7) is 0. The summed E-state index contributed by atoms with van der Waals surface area (Å²) in [6.07, 6.45) is 0. The van der Waals surface area contributed by atoms with Crippen LogP contribution in [0.3, 0.4) is 0 Å². The molecule has 0 saturated carbocycles. The van der Waals surface area contributed by atoms with E-state index in [1.807, 2.05) is 11.3 Å². The lowest BCUT2D eigenvalue weighted by molar-refractivity contribution is 1.19. The average molecular weight is 717 g/mol. The Kier molecular flexibility index (Phi) is 6.54. The summed E-state index contributed by atoms with van der Waals surface area (Å²) in [5.74, 6) is 0. The molecule has 3 heteroatoms. The SMILES string of the molecule is c1ccc(-c2cccc(-n3c4ccccc4c4c(-c5ccc6c(c5)c5ccccc5n6-c5cccc6ccccc56)cc5c6ccccc6sc5c43)c2)cc1. The molecule has 0 fully saturated rings. The minimum atomic E-state index is 1.16. The van der Waals surface area contributed by atoms with Crippen LogP contribution >= 0.6 is 11.3 Å². The molecule has 0 aliphatic rings. The Labute approximate surface area is 321 Å². The summed E-state index contributed by atoms with van der Waals surface area (Å²) in [5.41, 5.74) is 12.2. The van der Waals surface area contributed by atoms with Crippen LogP contribution in [0.5, 0.6) is 0 Å². The van der Waals surface area contributed by atoms with Crippen LogP contribution in [0, 0.1) is 0 Å². The molecular formula is C52H32N2S. The molecule has 9 aromatic carbocycles. The minimum absolute atomic E-state index is 1.16. The summed E-state index contributed by atoms with van der Waals surface area (Å²) < 4.78 is 7.59. The van der Waals surface area contributed by atoms with Gasteiger partial charge in [0.1, 0.15) is 0 Å². The normalized spacial score (nSPS) is 12.0. The highest BCUT2D eigenvalue weighted by Gasteiger charge is 2.23. The maximum Gasteiger partial charge on any atom is 0.0726 e. The Balaban J connectivity index is 1.19. The lowest BCUT2D eigenvalue weighted by Gasteiger charge is -2.13. The molecule has 0 spiro atoms. The second kappa shape index (κ2) is 11.8. The highest BCUT2D eigenvalue weighted by atomic mass is 32.1. The van der Waals surface area contributed by atoms with Crippen molar-refractivity contribution in [2.45, 2.75) is 0 Å². The van der Waals surface area contributed by atoms with Gasteiger partial charge in [-0.1, -0.05) is 140 Å². The van der Waals surface area contributed by atoms with E-state index in [1.165, 1.54) is 102 Å². The fourth-order valence-corrected chi connectivity index (χ4v) is 10.3. The lowest BCUT2D eigenvalue weighted by Crippen LogP contribution is -1.95. The zero-order valence-electron chi connectivity index (χ0n) is 29.8. The number of hydrogen-bond acceptors (Lipinski definition) is 1. The standard InChI is InChI=1S/C52H32N2S/c1-2-14-33(15-3-1)35-18-12-19-37(30-35)53-47-25-10-7-23-41(47)50-42(32-44-40-22-8-11-27-49(40)55-52(44)51(50)53)36-28-29-48-43(31-36)39-21-6-9-24-46(39)54(48)45-26-13-17-34-16-4-5-20-38(34)45/h1-32H. The van der Waals surface area contributed by atoms with Crippen LogP contribution < -0.4 is 0 Å². The molecule has 3 aromatic heterocycles. The van der Waals surface area contributed by atoms with Crippen molar-refractivity contribution in [1.82, 2.24) is 9.13 Å². The number of fused-ring (bicyclic) bond motifs is 11. The van der Waals surface area contributed by atoms with Crippen molar-refractivity contribution in [1.29, 1.82) is 0 Å². The number of benzene rings is 9. The van der Waals surface area contributed by atoms with Crippen molar-refractivity contribution in [2.24, 2.45) is 0 Å². The second-order valence-corrected chi connectivity index (χ2v) is 15.5. The van der Waals surface area contributed by atoms with Gasteiger partial charge in [-0.25, -0.2) is 0 Å². The molecule has 0 radical (unpaired) electrons. The topological polar surface area (TPSA) is 9.86 Å². The molecule has 0 atom stereocenters. The van der Waals surface area contributed by atoms with E-state index in [9.17, 15) is 0 Å². The number of nitrogens with zero attached hydrogens (tertiary/aromatic N) is 2. The zero-order chi connectivity index (χ0) is 36.0. The fourth-order valence-electron chi connectivity index (χ4n) is 9.08. The average Bonchev–Trinajstić information content (AvgIpc) is 3.91. The maximum absolute atomic E-state index is 2.52. The molecule has 0 N–H and O–H groups in total. The number of rotatable bonds is 4. The van der Waals surface area contributed by atoms with Crippen LogP contribution in [0.2, 0.25) is 0 Å². The Morgan fingerprint density at radius 3 is 1.89 bits per heavy atom. The molecule has 0 amide bonds. The lowest BCUT2D eigenvalue weighted by atomic mass is 9.95. The van der Waals surface area contributed by atoms with Crippen molar-refractivity contribution in [3.05, 3.63) is 194 Å². The van der Waals surface area contributed by atoms with Crippen LogP contribution in [0.25, 0.3) is 108 Å². The van der Waals surface area contributed by atoms with Gasteiger partial charge in [0.15, 0.2) is 0 Å². The molecule has 0 bridgehead atoms. The molecule has 12 rings (SSSR count).